The van der Waals surface area contributed by atoms with Crippen LogP contribution in [0.4, 0.5) is 6.01 Å². The summed E-state index contributed by atoms with van der Waals surface area (Å²) in [6.07, 6.45) is 0. The monoisotopic (exact) mass is 360 g/mol. The molecule has 3 rings (SSSR count). The molecule has 0 saturated carbocycles. The van der Waals surface area contributed by atoms with Crippen molar-refractivity contribution in [3.05, 3.63) is 29.7 Å². The Morgan fingerprint density at radius 1 is 1.08 bits per heavy atom. The lowest BCUT2D eigenvalue weighted by molar-refractivity contribution is 0.0738. The average molecular weight is 360 g/mol. The van der Waals surface area contributed by atoms with Gasteiger partial charge in [0, 0.05) is 32.1 Å². The van der Waals surface area contributed by atoms with Crippen molar-refractivity contribution in [2.24, 2.45) is 0 Å². The molecule has 8 heteroatoms. The molecule has 140 valence electrons. The second-order valence-electron chi connectivity index (χ2n) is 6.39. The predicted octanol–water partition coefficient (Wildman–Crippen LogP) is 2.17. The van der Waals surface area contributed by atoms with Crippen LogP contribution in [0.5, 0.6) is 11.5 Å². The van der Waals surface area contributed by atoms with Gasteiger partial charge in [0.15, 0.2) is 0 Å². The number of rotatable bonds is 5. The van der Waals surface area contributed by atoms with Crippen LogP contribution in [-0.4, -0.2) is 61.4 Å². The molecular formula is C18H24N4O4. The first kappa shape index (κ1) is 18.0. The summed E-state index contributed by atoms with van der Waals surface area (Å²) < 4.78 is 16.4. The van der Waals surface area contributed by atoms with E-state index in [1.54, 1.807) is 37.3 Å². The fourth-order valence-corrected chi connectivity index (χ4v) is 2.91. The Hall–Kier alpha value is -2.77. The van der Waals surface area contributed by atoms with Gasteiger partial charge in [0.25, 0.3) is 5.91 Å². The van der Waals surface area contributed by atoms with Crippen LogP contribution < -0.4 is 14.4 Å². The van der Waals surface area contributed by atoms with Crippen molar-refractivity contribution in [2.45, 2.75) is 19.8 Å². The van der Waals surface area contributed by atoms with Crippen LogP contribution in [0.3, 0.4) is 0 Å². The van der Waals surface area contributed by atoms with E-state index in [0.717, 1.165) is 0 Å². The number of piperazine rings is 1. The van der Waals surface area contributed by atoms with Crippen LogP contribution in [0.25, 0.3) is 0 Å². The lowest BCUT2D eigenvalue weighted by Gasteiger charge is -2.34. The lowest BCUT2D eigenvalue weighted by Crippen LogP contribution is -2.49. The maximum Gasteiger partial charge on any atom is 0.318 e. The standard InChI is InChI=1S/C18H24N4O4/c1-12(2)16-19-20-18(26-16)22-10-8-21(9-11-22)17(23)15-13(24-3)6-5-7-14(15)25-4/h5-7,12H,8-11H2,1-4H3. The summed E-state index contributed by atoms with van der Waals surface area (Å²) in [5.74, 6) is 1.73. The van der Waals surface area contributed by atoms with Gasteiger partial charge in [-0.05, 0) is 12.1 Å². The minimum absolute atomic E-state index is 0.104. The van der Waals surface area contributed by atoms with Gasteiger partial charge in [-0.2, -0.15) is 0 Å². The lowest BCUT2D eigenvalue weighted by atomic mass is 10.1. The van der Waals surface area contributed by atoms with E-state index >= 15 is 0 Å². The Labute approximate surface area is 152 Å². The molecule has 0 bridgehead atoms. The molecule has 0 spiro atoms. The van der Waals surface area contributed by atoms with Crippen molar-refractivity contribution >= 4 is 11.9 Å². The highest BCUT2D eigenvalue weighted by atomic mass is 16.5. The molecule has 0 aliphatic carbocycles. The van der Waals surface area contributed by atoms with Gasteiger partial charge in [-0.1, -0.05) is 25.0 Å². The Bertz CT molecular complexity index is 744. The molecule has 1 aromatic heterocycles. The van der Waals surface area contributed by atoms with Crippen molar-refractivity contribution in [3.63, 3.8) is 0 Å². The molecular weight excluding hydrogens is 336 g/mol. The molecule has 0 unspecified atom stereocenters. The zero-order valence-electron chi connectivity index (χ0n) is 15.6. The summed E-state index contributed by atoms with van der Waals surface area (Å²) in [5.41, 5.74) is 0.450. The SMILES string of the molecule is COc1cccc(OC)c1C(=O)N1CCN(c2nnc(C(C)C)o2)CC1. The largest absolute Gasteiger partial charge is 0.496 e. The zero-order chi connectivity index (χ0) is 18.7. The number of hydrogen-bond acceptors (Lipinski definition) is 7. The van der Waals surface area contributed by atoms with Gasteiger partial charge < -0.3 is 23.7 Å². The molecule has 8 nitrogen and oxygen atoms in total. The minimum Gasteiger partial charge on any atom is -0.496 e. The van der Waals surface area contributed by atoms with Gasteiger partial charge in [0.2, 0.25) is 5.89 Å². The third kappa shape index (κ3) is 3.44. The highest BCUT2D eigenvalue weighted by Crippen LogP contribution is 2.30. The van der Waals surface area contributed by atoms with E-state index in [1.165, 1.54) is 0 Å². The average Bonchev–Trinajstić information content (AvgIpc) is 3.17. The molecule has 26 heavy (non-hydrogen) atoms. The number of methoxy groups -OCH3 is 2. The van der Waals surface area contributed by atoms with Gasteiger partial charge >= 0.3 is 6.01 Å². The highest BCUT2D eigenvalue weighted by Gasteiger charge is 2.28. The fourth-order valence-electron chi connectivity index (χ4n) is 2.91. The number of aromatic nitrogens is 2. The molecule has 0 N–H and O–H groups in total. The Morgan fingerprint density at radius 3 is 2.19 bits per heavy atom. The summed E-state index contributed by atoms with van der Waals surface area (Å²) in [6.45, 7) is 6.38. The van der Waals surface area contributed by atoms with Gasteiger partial charge in [0.1, 0.15) is 17.1 Å². The number of nitrogens with zero attached hydrogens (tertiary/aromatic N) is 4. The molecule has 1 aliphatic rings. The number of carbonyl (C=O) groups excluding carboxylic acids is 1. The second-order valence-corrected chi connectivity index (χ2v) is 6.39. The van der Waals surface area contributed by atoms with E-state index < -0.39 is 0 Å². The molecule has 1 saturated heterocycles. The summed E-state index contributed by atoms with van der Waals surface area (Å²) >= 11 is 0. The number of anilines is 1. The predicted molar refractivity (Wildman–Crippen MR) is 96.0 cm³/mol. The third-order valence-corrected chi connectivity index (χ3v) is 4.40. The van der Waals surface area contributed by atoms with E-state index in [9.17, 15) is 4.79 Å². The van der Waals surface area contributed by atoms with E-state index in [4.69, 9.17) is 13.9 Å². The topological polar surface area (TPSA) is 80.9 Å². The molecule has 1 amide bonds. The van der Waals surface area contributed by atoms with Gasteiger partial charge in [-0.25, -0.2) is 0 Å². The fraction of sp³-hybridized carbons (Fsp3) is 0.500. The summed E-state index contributed by atoms with van der Waals surface area (Å²) in [7, 11) is 3.09. The molecule has 1 fully saturated rings. The number of hydrogen-bond donors (Lipinski definition) is 0. The smallest absolute Gasteiger partial charge is 0.318 e. The number of ether oxygens (including phenoxy) is 2. The van der Waals surface area contributed by atoms with E-state index in [0.29, 0.717) is 55.1 Å². The molecule has 1 aliphatic heterocycles. The van der Waals surface area contributed by atoms with Crippen LogP contribution in [0.15, 0.2) is 22.6 Å². The highest BCUT2D eigenvalue weighted by molar-refractivity contribution is 5.99. The molecule has 1 aromatic carbocycles. The van der Waals surface area contributed by atoms with Gasteiger partial charge in [-0.3, -0.25) is 4.79 Å². The number of benzene rings is 1. The van der Waals surface area contributed by atoms with Crippen molar-refractivity contribution in [2.75, 3.05) is 45.3 Å². The molecule has 0 radical (unpaired) electrons. The number of amides is 1. The molecule has 2 heterocycles. The zero-order valence-corrected chi connectivity index (χ0v) is 15.6. The van der Waals surface area contributed by atoms with Crippen LogP contribution in [0.2, 0.25) is 0 Å². The Balaban J connectivity index is 1.71. The van der Waals surface area contributed by atoms with Crippen molar-refractivity contribution < 1.29 is 18.7 Å². The normalized spacial score (nSPS) is 14.7. The van der Waals surface area contributed by atoms with E-state index in [1.807, 2.05) is 18.7 Å². The maximum absolute atomic E-state index is 13.0. The maximum atomic E-state index is 13.0. The van der Waals surface area contributed by atoms with Crippen LogP contribution in [0, 0.1) is 0 Å². The molecule has 0 atom stereocenters. The van der Waals surface area contributed by atoms with Crippen molar-refractivity contribution in [1.29, 1.82) is 0 Å². The summed E-state index contributed by atoms with van der Waals surface area (Å²) in [6, 6.07) is 5.83. The quantitative estimate of drug-likeness (QED) is 0.808. The van der Waals surface area contributed by atoms with Crippen molar-refractivity contribution in [3.8, 4) is 11.5 Å². The van der Waals surface area contributed by atoms with Crippen LogP contribution >= 0.6 is 0 Å². The Kier molecular flexibility index (Phi) is 5.29. The summed E-state index contributed by atoms with van der Waals surface area (Å²) in [4.78, 5) is 16.8. The van der Waals surface area contributed by atoms with E-state index in [2.05, 4.69) is 10.2 Å². The minimum atomic E-state index is -0.104. The number of carbonyl (C=O) groups is 1. The van der Waals surface area contributed by atoms with Crippen LogP contribution in [-0.2, 0) is 0 Å². The van der Waals surface area contributed by atoms with Gasteiger partial charge in [-0.15, -0.1) is 5.10 Å². The van der Waals surface area contributed by atoms with E-state index in [-0.39, 0.29) is 11.8 Å². The van der Waals surface area contributed by atoms with Crippen molar-refractivity contribution in [1.82, 2.24) is 15.1 Å². The first-order valence-electron chi connectivity index (χ1n) is 8.63. The Morgan fingerprint density at radius 2 is 1.69 bits per heavy atom. The third-order valence-electron chi connectivity index (χ3n) is 4.40. The summed E-state index contributed by atoms with van der Waals surface area (Å²) in [5, 5.41) is 8.18. The molecule has 2 aromatic rings. The van der Waals surface area contributed by atoms with Crippen LogP contribution in [0.1, 0.15) is 36.0 Å². The van der Waals surface area contributed by atoms with Gasteiger partial charge in [0.05, 0.1) is 14.2 Å². The second kappa shape index (κ2) is 7.63. The first-order chi connectivity index (χ1) is 12.5. The first-order valence-corrected chi connectivity index (χ1v) is 8.63.